The van der Waals surface area contributed by atoms with Crippen molar-refractivity contribution >= 4 is 29.7 Å². The molecule has 0 aliphatic rings. The first-order chi connectivity index (χ1) is 18.5. The lowest BCUT2D eigenvalue weighted by Crippen LogP contribution is -2.33. The van der Waals surface area contributed by atoms with E-state index >= 15 is 0 Å². The monoisotopic (exact) mass is 528 g/mol. The molecule has 0 saturated heterocycles. The lowest BCUT2D eigenvalue weighted by Gasteiger charge is -2.13. The Hall–Kier alpha value is -4.62. The summed E-state index contributed by atoms with van der Waals surface area (Å²) < 4.78 is 17.0. The summed E-state index contributed by atoms with van der Waals surface area (Å²) in [6, 6.07) is 30.1. The maximum Gasteiger partial charge on any atom is 0.343 e. The largest absolute Gasteiger partial charge is 0.489 e. The van der Waals surface area contributed by atoms with Gasteiger partial charge in [0.15, 0.2) is 6.10 Å². The van der Waals surface area contributed by atoms with Gasteiger partial charge in [0, 0.05) is 10.6 Å². The minimum Gasteiger partial charge on any atom is -0.489 e. The average Bonchev–Trinajstić information content (AvgIpc) is 2.94. The number of ether oxygens (including phenoxy) is 3. The predicted octanol–water partition coefficient (Wildman–Crippen LogP) is 6.06. The van der Waals surface area contributed by atoms with Crippen LogP contribution in [0, 0.1) is 0 Å². The first kappa shape index (κ1) is 26.4. The Labute approximate surface area is 225 Å². The van der Waals surface area contributed by atoms with Crippen molar-refractivity contribution in [1.29, 1.82) is 0 Å². The molecule has 0 aliphatic heterocycles. The van der Waals surface area contributed by atoms with E-state index in [0.717, 1.165) is 5.56 Å². The van der Waals surface area contributed by atoms with E-state index in [4.69, 9.17) is 25.8 Å². The first-order valence-corrected chi connectivity index (χ1v) is 12.2. The zero-order chi connectivity index (χ0) is 26.7. The van der Waals surface area contributed by atoms with Crippen LogP contribution in [0.5, 0.6) is 17.2 Å². The van der Waals surface area contributed by atoms with Gasteiger partial charge in [-0.05, 0) is 73.2 Å². The van der Waals surface area contributed by atoms with Gasteiger partial charge < -0.3 is 14.2 Å². The highest BCUT2D eigenvalue weighted by molar-refractivity contribution is 6.30. The SMILES string of the molecule is C[C@H](Oc1ccc(OCc2ccccc2)cc1)C(=O)N/N=C\c1ccccc1OC(=O)c1ccc(Cl)cc1. The molecule has 192 valence electrons. The van der Waals surface area contributed by atoms with Crippen LogP contribution >= 0.6 is 11.6 Å². The highest BCUT2D eigenvalue weighted by atomic mass is 35.5. The molecule has 0 fully saturated rings. The molecule has 0 aromatic heterocycles. The number of esters is 1. The van der Waals surface area contributed by atoms with Gasteiger partial charge in [-0.1, -0.05) is 54.1 Å². The molecule has 38 heavy (non-hydrogen) atoms. The Morgan fingerprint density at radius 3 is 2.26 bits per heavy atom. The Morgan fingerprint density at radius 2 is 1.53 bits per heavy atom. The summed E-state index contributed by atoms with van der Waals surface area (Å²) in [7, 11) is 0. The lowest BCUT2D eigenvalue weighted by atomic mass is 10.2. The second kappa shape index (κ2) is 13.1. The molecule has 0 spiro atoms. The number of rotatable bonds is 10. The van der Waals surface area contributed by atoms with Gasteiger partial charge in [0.25, 0.3) is 5.91 Å². The predicted molar refractivity (Wildman–Crippen MR) is 146 cm³/mol. The van der Waals surface area contributed by atoms with Crippen molar-refractivity contribution in [3.8, 4) is 17.2 Å². The zero-order valence-corrected chi connectivity index (χ0v) is 21.3. The first-order valence-electron chi connectivity index (χ1n) is 11.8. The van der Waals surface area contributed by atoms with Crippen LogP contribution in [-0.2, 0) is 11.4 Å². The van der Waals surface area contributed by atoms with Gasteiger partial charge in [0.2, 0.25) is 0 Å². The third kappa shape index (κ3) is 7.69. The molecular formula is C30H25ClN2O5. The van der Waals surface area contributed by atoms with Crippen molar-refractivity contribution in [2.75, 3.05) is 0 Å². The fourth-order valence-electron chi connectivity index (χ4n) is 3.29. The number of halogens is 1. The molecule has 1 amide bonds. The summed E-state index contributed by atoms with van der Waals surface area (Å²) in [4.78, 5) is 24.9. The van der Waals surface area contributed by atoms with Crippen LogP contribution in [-0.4, -0.2) is 24.2 Å². The summed E-state index contributed by atoms with van der Waals surface area (Å²) in [6.07, 6.45) is 0.592. The fourth-order valence-corrected chi connectivity index (χ4v) is 3.42. The molecule has 4 aromatic carbocycles. The summed E-state index contributed by atoms with van der Waals surface area (Å²) in [5.74, 6) is 0.525. The normalized spacial score (nSPS) is 11.5. The lowest BCUT2D eigenvalue weighted by molar-refractivity contribution is -0.127. The Morgan fingerprint density at radius 1 is 0.868 bits per heavy atom. The zero-order valence-electron chi connectivity index (χ0n) is 20.5. The van der Waals surface area contributed by atoms with Crippen molar-refractivity contribution in [3.05, 3.63) is 125 Å². The van der Waals surface area contributed by atoms with Crippen LogP contribution in [0.15, 0.2) is 108 Å². The summed E-state index contributed by atoms with van der Waals surface area (Å²) >= 11 is 5.87. The third-order valence-electron chi connectivity index (χ3n) is 5.33. The van der Waals surface area contributed by atoms with Crippen molar-refractivity contribution < 1.29 is 23.8 Å². The number of amides is 1. The van der Waals surface area contributed by atoms with Crippen molar-refractivity contribution in [2.24, 2.45) is 5.10 Å². The summed E-state index contributed by atoms with van der Waals surface area (Å²) in [5.41, 5.74) is 4.38. The Bertz CT molecular complexity index is 1390. The molecule has 1 atom stereocenters. The molecule has 4 aromatic rings. The second-order valence-electron chi connectivity index (χ2n) is 8.17. The van der Waals surface area contributed by atoms with Gasteiger partial charge in [0.05, 0.1) is 11.8 Å². The van der Waals surface area contributed by atoms with Crippen molar-refractivity contribution in [1.82, 2.24) is 5.43 Å². The quantitative estimate of drug-likeness (QED) is 0.117. The van der Waals surface area contributed by atoms with Crippen LogP contribution in [0.25, 0.3) is 0 Å². The van der Waals surface area contributed by atoms with E-state index in [-0.39, 0.29) is 0 Å². The van der Waals surface area contributed by atoms with E-state index in [1.807, 2.05) is 30.3 Å². The topological polar surface area (TPSA) is 86.2 Å². The van der Waals surface area contributed by atoms with Crippen LogP contribution in [0.2, 0.25) is 5.02 Å². The number of nitrogens with zero attached hydrogens (tertiary/aromatic N) is 1. The number of carbonyl (C=O) groups excluding carboxylic acids is 2. The standard InChI is InChI=1S/C30H25ClN2O5/c1-21(37-27-17-15-26(16-18-27)36-20-22-7-3-2-4-8-22)29(34)33-32-19-24-9-5-6-10-28(24)38-30(35)23-11-13-25(31)14-12-23/h2-19,21H,20H2,1H3,(H,33,34)/b32-19-/t21-/m0/s1. The van der Waals surface area contributed by atoms with Crippen molar-refractivity contribution in [3.63, 3.8) is 0 Å². The van der Waals surface area contributed by atoms with E-state index in [0.29, 0.717) is 40.0 Å². The minimum atomic E-state index is -0.804. The smallest absolute Gasteiger partial charge is 0.343 e. The molecule has 0 bridgehead atoms. The van der Waals surface area contributed by atoms with Gasteiger partial charge >= 0.3 is 5.97 Å². The minimum absolute atomic E-state index is 0.296. The van der Waals surface area contributed by atoms with Crippen LogP contribution in [0.1, 0.15) is 28.4 Å². The molecule has 0 radical (unpaired) electrons. The Balaban J connectivity index is 1.28. The maximum atomic E-state index is 12.5. The number of hydrogen-bond acceptors (Lipinski definition) is 6. The number of carbonyl (C=O) groups is 2. The van der Waals surface area contributed by atoms with Gasteiger partial charge in [-0.2, -0.15) is 5.10 Å². The molecular weight excluding hydrogens is 504 g/mol. The van der Waals surface area contributed by atoms with Gasteiger partial charge in [-0.25, -0.2) is 10.2 Å². The third-order valence-corrected chi connectivity index (χ3v) is 5.59. The molecule has 0 aliphatic carbocycles. The maximum absolute atomic E-state index is 12.5. The van der Waals surface area contributed by atoms with E-state index in [2.05, 4.69) is 10.5 Å². The van der Waals surface area contributed by atoms with E-state index in [1.165, 1.54) is 6.21 Å². The van der Waals surface area contributed by atoms with Gasteiger partial charge in [-0.15, -0.1) is 0 Å². The fraction of sp³-hybridized carbons (Fsp3) is 0.100. The number of para-hydroxylation sites is 1. The molecule has 0 saturated carbocycles. The van der Waals surface area contributed by atoms with Crippen LogP contribution in [0.4, 0.5) is 0 Å². The number of benzene rings is 4. The summed E-state index contributed by atoms with van der Waals surface area (Å²) in [5, 5.41) is 4.51. The molecule has 0 heterocycles. The van der Waals surface area contributed by atoms with Gasteiger partial charge in [-0.3, -0.25) is 4.79 Å². The van der Waals surface area contributed by atoms with E-state index in [9.17, 15) is 9.59 Å². The number of hydrazone groups is 1. The highest BCUT2D eigenvalue weighted by Gasteiger charge is 2.15. The van der Waals surface area contributed by atoms with Crippen LogP contribution < -0.4 is 19.6 Å². The highest BCUT2D eigenvalue weighted by Crippen LogP contribution is 2.20. The van der Waals surface area contributed by atoms with Gasteiger partial charge in [0.1, 0.15) is 23.9 Å². The van der Waals surface area contributed by atoms with Crippen LogP contribution in [0.3, 0.4) is 0 Å². The summed E-state index contributed by atoms with van der Waals surface area (Å²) in [6.45, 7) is 2.08. The Kier molecular flexibility index (Phi) is 9.10. The molecule has 0 unspecified atom stereocenters. The second-order valence-corrected chi connectivity index (χ2v) is 8.61. The molecule has 4 rings (SSSR count). The van der Waals surface area contributed by atoms with E-state index < -0.39 is 18.0 Å². The number of nitrogens with one attached hydrogen (secondary N) is 1. The molecule has 8 heteroatoms. The average molecular weight is 529 g/mol. The molecule has 1 N–H and O–H groups in total. The van der Waals surface area contributed by atoms with E-state index in [1.54, 1.807) is 79.7 Å². The molecule has 7 nitrogen and oxygen atoms in total. The number of hydrogen-bond donors (Lipinski definition) is 1. The van der Waals surface area contributed by atoms with Crippen molar-refractivity contribution in [2.45, 2.75) is 19.6 Å².